The van der Waals surface area contributed by atoms with Gasteiger partial charge in [0.15, 0.2) is 11.5 Å². The SMILES string of the molecule is C[C@@H](CN1CCN(Cc2ccccc2)CC1)NC(=O)c1cc(-c2ccco2)on1. The molecule has 0 unspecified atom stereocenters. The van der Waals surface area contributed by atoms with E-state index in [1.54, 1.807) is 24.5 Å². The maximum absolute atomic E-state index is 12.4. The summed E-state index contributed by atoms with van der Waals surface area (Å²) in [7, 11) is 0. The molecule has 7 heteroatoms. The highest BCUT2D eigenvalue weighted by Crippen LogP contribution is 2.20. The Hall–Kier alpha value is -2.90. The zero-order valence-electron chi connectivity index (χ0n) is 16.6. The summed E-state index contributed by atoms with van der Waals surface area (Å²) >= 11 is 0. The first kappa shape index (κ1) is 19.4. The smallest absolute Gasteiger partial charge is 0.273 e. The molecule has 152 valence electrons. The summed E-state index contributed by atoms with van der Waals surface area (Å²) in [6.45, 7) is 7.89. The summed E-state index contributed by atoms with van der Waals surface area (Å²) in [5.41, 5.74) is 1.61. The van der Waals surface area contributed by atoms with Gasteiger partial charge in [-0.05, 0) is 24.6 Å². The van der Waals surface area contributed by atoms with Crippen molar-refractivity contribution in [1.82, 2.24) is 20.3 Å². The molecular formula is C22H26N4O3. The number of piperazine rings is 1. The Labute approximate surface area is 170 Å². The minimum Gasteiger partial charge on any atom is -0.461 e. The Morgan fingerprint density at radius 3 is 2.55 bits per heavy atom. The van der Waals surface area contributed by atoms with Crippen LogP contribution in [0.1, 0.15) is 23.0 Å². The summed E-state index contributed by atoms with van der Waals surface area (Å²) in [6, 6.07) is 15.7. The number of hydrogen-bond acceptors (Lipinski definition) is 6. The van der Waals surface area contributed by atoms with Crippen LogP contribution in [0.25, 0.3) is 11.5 Å². The van der Waals surface area contributed by atoms with Crippen LogP contribution in [0.3, 0.4) is 0 Å². The molecule has 1 N–H and O–H groups in total. The molecule has 1 saturated heterocycles. The van der Waals surface area contributed by atoms with Crippen LogP contribution in [0.15, 0.2) is 63.7 Å². The van der Waals surface area contributed by atoms with Gasteiger partial charge >= 0.3 is 0 Å². The number of furan rings is 1. The van der Waals surface area contributed by atoms with Gasteiger partial charge in [-0.15, -0.1) is 0 Å². The number of nitrogens with one attached hydrogen (secondary N) is 1. The van der Waals surface area contributed by atoms with Gasteiger partial charge in [-0.3, -0.25) is 14.6 Å². The first-order valence-electron chi connectivity index (χ1n) is 9.97. The lowest BCUT2D eigenvalue weighted by Crippen LogP contribution is -2.50. The Kier molecular flexibility index (Phi) is 6.07. The molecule has 1 atom stereocenters. The van der Waals surface area contributed by atoms with E-state index in [1.165, 1.54) is 5.56 Å². The van der Waals surface area contributed by atoms with Crippen LogP contribution in [0.4, 0.5) is 0 Å². The van der Waals surface area contributed by atoms with Crippen LogP contribution in [0.5, 0.6) is 0 Å². The molecule has 3 heterocycles. The third-order valence-corrected chi connectivity index (χ3v) is 5.13. The highest BCUT2D eigenvalue weighted by Gasteiger charge is 2.21. The van der Waals surface area contributed by atoms with E-state index >= 15 is 0 Å². The number of rotatable bonds is 7. The minimum absolute atomic E-state index is 0.0203. The molecule has 3 aromatic rings. The molecule has 4 rings (SSSR count). The second-order valence-corrected chi connectivity index (χ2v) is 7.49. The minimum atomic E-state index is -0.234. The van der Waals surface area contributed by atoms with E-state index in [1.807, 2.05) is 13.0 Å². The molecular weight excluding hydrogens is 368 g/mol. The van der Waals surface area contributed by atoms with Crippen molar-refractivity contribution < 1.29 is 13.7 Å². The summed E-state index contributed by atoms with van der Waals surface area (Å²) in [5, 5.41) is 6.86. The standard InChI is InChI=1S/C22H26N4O3/c1-17(23-22(27)19-14-21(29-24-19)20-8-5-13-28-20)15-25-9-11-26(12-10-25)16-18-6-3-2-4-7-18/h2-8,13-14,17H,9-12,15-16H2,1H3,(H,23,27)/t17-/m0/s1. The van der Waals surface area contributed by atoms with E-state index < -0.39 is 0 Å². The number of carbonyl (C=O) groups is 1. The van der Waals surface area contributed by atoms with Gasteiger partial charge in [0.05, 0.1) is 6.26 Å². The van der Waals surface area contributed by atoms with Crippen LogP contribution >= 0.6 is 0 Å². The van der Waals surface area contributed by atoms with Crippen molar-refractivity contribution >= 4 is 5.91 Å². The fourth-order valence-corrected chi connectivity index (χ4v) is 3.62. The predicted molar refractivity (Wildman–Crippen MR) is 109 cm³/mol. The van der Waals surface area contributed by atoms with Gasteiger partial charge < -0.3 is 14.3 Å². The third kappa shape index (κ3) is 5.13. The zero-order chi connectivity index (χ0) is 20.1. The van der Waals surface area contributed by atoms with Gasteiger partial charge in [0, 0.05) is 51.4 Å². The fraction of sp³-hybridized carbons (Fsp3) is 0.364. The Morgan fingerprint density at radius 2 is 1.83 bits per heavy atom. The topological polar surface area (TPSA) is 74.8 Å². The maximum atomic E-state index is 12.4. The van der Waals surface area contributed by atoms with E-state index in [2.05, 4.69) is 44.5 Å². The van der Waals surface area contributed by atoms with Crippen LogP contribution in [-0.2, 0) is 6.54 Å². The molecule has 0 radical (unpaired) electrons. The number of amides is 1. The average Bonchev–Trinajstić information content (AvgIpc) is 3.42. The van der Waals surface area contributed by atoms with Gasteiger partial charge in [0.25, 0.3) is 5.91 Å². The molecule has 0 spiro atoms. The number of hydrogen-bond donors (Lipinski definition) is 1. The number of benzene rings is 1. The molecule has 1 aliphatic rings. The summed E-state index contributed by atoms with van der Waals surface area (Å²) in [5.74, 6) is 0.766. The monoisotopic (exact) mass is 394 g/mol. The van der Waals surface area contributed by atoms with Crippen molar-refractivity contribution in [1.29, 1.82) is 0 Å². The van der Waals surface area contributed by atoms with E-state index in [9.17, 15) is 4.79 Å². The fourth-order valence-electron chi connectivity index (χ4n) is 3.62. The van der Waals surface area contributed by atoms with Gasteiger partial charge in [-0.2, -0.15) is 0 Å². The van der Waals surface area contributed by atoms with Gasteiger partial charge in [0.2, 0.25) is 5.76 Å². The van der Waals surface area contributed by atoms with Crippen LogP contribution in [0.2, 0.25) is 0 Å². The number of carbonyl (C=O) groups excluding carboxylic acids is 1. The Bertz CT molecular complexity index is 899. The normalized spacial score (nSPS) is 16.6. The number of nitrogens with zero attached hydrogens (tertiary/aromatic N) is 3. The molecule has 1 fully saturated rings. The molecule has 1 aliphatic heterocycles. The molecule has 1 aromatic carbocycles. The van der Waals surface area contributed by atoms with Gasteiger partial charge in [-0.25, -0.2) is 0 Å². The van der Waals surface area contributed by atoms with E-state index in [0.29, 0.717) is 11.5 Å². The Morgan fingerprint density at radius 1 is 1.07 bits per heavy atom. The van der Waals surface area contributed by atoms with Crippen molar-refractivity contribution in [3.8, 4) is 11.5 Å². The van der Waals surface area contributed by atoms with Crippen LogP contribution in [0, 0.1) is 0 Å². The molecule has 29 heavy (non-hydrogen) atoms. The van der Waals surface area contributed by atoms with E-state index in [-0.39, 0.29) is 17.6 Å². The van der Waals surface area contributed by atoms with E-state index in [0.717, 1.165) is 39.3 Å². The summed E-state index contributed by atoms with van der Waals surface area (Å²) in [4.78, 5) is 17.3. The average molecular weight is 394 g/mol. The van der Waals surface area contributed by atoms with Crippen molar-refractivity contribution in [2.75, 3.05) is 32.7 Å². The van der Waals surface area contributed by atoms with Crippen LogP contribution < -0.4 is 5.32 Å². The first-order chi connectivity index (χ1) is 14.2. The number of aromatic nitrogens is 1. The first-order valence-corrected chi connectivity index (χ1v) is 9.97. The molecule has 1 amide bonds. The maximum Gasteiger partial charge on any atom is 0.273 e. The second-order valence-electron chi connectivity index (χ2n) is 7.49. The molecule has 2 aromatic heterocycles. The molecule has 0 aliphatic carbocycles. The van der Waals surface area contributed by atoms with Crippen molar-refractivity contribution in [3.63, 3.8) is 0 Å². The second kappa shape index (κ2) is 9.07. The van der Waals surface area contributed by atoms with Crippen LogP contribution in [-0.4, -0.2) is 59.6 Å². The highest BCUT2D eigenvalue weighted by atomic mass is 16.5. The summed E-state index contributed by atoms with van der Waals surface area (Å²) < 4.78 is 10.5. The quantitative estimate of drug-likeness (QED) is 0.664. The summed E-state index contributed by atoms with van der Waals surface area (Å²) in [6.07, 6.45) is 1.55. The lowest BCUT2D eigenvalue weighted by Gasteiger charge is -2.36. The molecule has 0 bridgehead atoms. The van der Waals surface area contributed by atoms with Crippen molar-refractivity contribution in [2.24, 2.45) is 0 Å². The Balaban J connectivity index is 1.22. The van der Waals surface area contributed by atoms with Crippen molar-refractivity contribution in [2.45, 2.75) is 19.5 Å². The van der Waals surface area contributed by atoms with Gasteiger partial charge in [0.1, 0.15) is 0 Å². The van der Waals surface area contributed by atoms with Crippen molar-refractivity contribution in [3.05, 3.63) is 66.1 Å². The zero-order valence-corrected chi connectivity index (χ0v) is 16.6. The lowest BCUT2D eigenvalue weighted by atomic mass is 10.2. The van der Waals surface area contributed by atoms with Gasteiger partial charge in [-0.1, -0.05) is 35.5 Å². The predicted octanol–water partition coefficient (Wildman–Crippen LogP) is 2.87. The highest BCUT2D eigenvalue weighted by molar-refractivity contribution is 5.93. The lowest BCUT2D eigenvalue weighted by molar-refractivity contribution is 0.0892. The van der Waals surface area contributed by atoms with E-state index in [4.69, 9.17) is 8.94 Å². The molecule has 7 nitrogen and oxygen atoms in total. The third-order valence-electron chi connectivity index (χ3n) is 5.13. The molecule has 0 saturated carbocycles. The largest absolute Gasteiger partial charge is 0.461 e.